The Bertz CT molecular complexity index is 1270. The van der Waals surface area contributed by atoms with Crippen LogP contribution in [-0.2, 0) is 23.2 Å². The number of rotatable bonds is 6. The van der Waals surface area contributed by atoms with Crippen LogP contribution in [-0.4, -0.2) is 33.8 Å². The third-order valence-electron chi connectivity index (χ3n) is 6.03. The molecule has 4 rings (SSSR count). The predicted octanol–water partition coefficient (Wildman–Crippen LogP) is 4.38. The number of carbonyl (C=O) groups excluding carboxylic acids is 1. The molecule has 3 aromatic rings. The van der Waals surface area contributed by atoms with Crippen molar-refractivity contribution < 1.29 is 18.0 Å². The molecule has 0 unspecified atom stereocenters. The molecule has 6 nitrogen and oxygen atoms in total. The Morgan fingerprint density at radius 1 is 1.03 bits per heavy atom. The van der Waals surface area contributed by atoms with Crippen LogP contribution in [0.5, 0.6) is 0 Å². The molecule has 1 amide bonds. The number of hydrogen-bond acceptors (Lipinski definition) is 5. The molecule has 2 aromatic heterocycles. The molecule has 0 bridgehead atoms. The van der Waals surface area contributed by atoms with Crippen LogP contribution in [0, 0.1) is 5.82 Å². The summed E-state index contributed by atoms with van der Waals surface area (Å²) in [5, 5.41) is 0. The van der Waals surface area contributed by atoms with Crippen LogP contribution < -0.4 is 5.73 Å². The largest absolute Gasteiger partial charge is 0.369 e. The summed E-state index contributed by atoms with van der Waals surface area (Å²) in [6.07, 6.45) is -0.421. The first-order chi connectivity index (χ1) is 16.2. The summed E-state index contributed by atoms with van der Waals surface area (Å²) >= 11 is 0. The second-order valence-corrected chi connectivity index (χ2v) is 8.02. The number of aliphatic imine (C=N–C) groups is 1. The Morgan fingerprint density at radius 3 is 2.26 bits per heavy atom. The van der Waals surface area contributed by atoms with Gasteiger partial charge in [-0.25, -0.2) is 18.2 Å². The van der Waals surface area contributed by atoms with Crippen molar-refractivity contribution >= 4 is 11.9 Å². The summed E-state index contributed by atoms with van der Waals surface area (Å²) in [5.74, 6) is -1.15. The number of benzene rings is 1. The van der Waals surface area contributed by atoms with E-state index in [0.29, 0.717) is 24.0 Å². The number of aryl methyl sites for hydroxylation is 2. The van der Waals surface area contributed by atoms with Crippen LogP contribution in [0.3, 0.4) is 0 Å². The van der Waals surface area contributed by atoms with Crippen LogP contribution in [0.2, 0.25) is 0 Å². The average molecular weight is 467 g/mol. The van der Waals surface area contributed by atoms with Crippen LogP contribution >= 0.6 is 0 Å². The normalized spacial score (nSPS) is 18.0. The maximum Gasteiger partial charge on any atom is 0.280 e. The summed E-state index contributed by atoms with van der Waals surface area (Å²) in [5.41, 5.74) is 6.12. The number of amides is 1. The Balaban J connectivity index is 2.02. The number of hydrogen-bond donors (Lipinski definition) is 1. The predicted molar refractivity (Wildman–Crippen MR) is 123 cm³/mol. The third kappa shape index (κ3) is 3.70. The number of pyridine rings is 2. The van der Waals surface area contributed by atoms with E-state index in [9.17, 15) is 18.0 Å². The highest BCUT2D eigenvalue weighted by Gasteiger charge is 2.50. The van der Waals surface area contributed by atoms with Gasteiger partial charge in [0.25, 0.3) is 12.3 Å². The van der Waals surface area contributed by atoms with E-state index in [1.165, 1.54) is 42.4 Å². The molecule has 0 fully saturated rings. The lowest BCUT2D eigenvalue weighted by molar-refractivity contribution is -0.129. The van der Waals surface area contributed by atoms with Crippen LogP contribution in [0.25, 0.3) is 11.1 Å². The molecule has 1 aliphatic rings. The standard InChI is InChI=1S/C25H24F3N5O/c1-4-16-11-15(12-17(5-2)31-16)25(23(34)33(3)24(29)32-25)14-8-9-20(26)19(13-14)18-7-6-10-30-21(18)22(27)28/h6-13,22H,4-5H2,1-3H3,(H2,29,32)/t25-/m0/s1. The zero-order valence-corrected chi connectivity index (χ0v) is 19.0. The molecule has 1 atom stereocenters. The molecule has 3 heterocycles. The van der Waals surface area contributed by atoms with E-state index in [0.717, 1.165) is 17.5 Å². The molecule has 1 aliphatic heterocycles. The molecule has 2 N–H and O–H groups in total. The van der Waals surface area contributed by atoms with Gasteiger partial charge in [-0.05, 0) is 54.3 Å². The topological polar surface area (TPSA) is 84.5 Å². The number of alkyl halides is 2. The molecule has 0 saturated heterocycles. The molecule has 9 heteroatoms. The Labute approximate surface area is 195 Å². The lowest BCUT2D eigenvalue weighted by atomic mass is 9.81. The number of nitrogens with two attached hydrogens (primary N) is 1. The van der Waals surface area contributed by atoms with E-state index in [1.54, 1.807) is 12.1 Å². The number of nitrogens with zero attached hydrogens (tertiary/aromatic N) is 4. The zero-order valence-electron chi connectivity index (χ0n) is 19.0. The van der Waals surface area contributed by atoms with Crippen molar-refractivity contribution in [1.29, 1.82) is 0 Å². The van der Waals surface area contributed by atoms with Crippen LogP contribution in [0.4, 0.5) is 13.2 Å². The van der Waals surface area contributed by atoms with Crippen molar-refractivity contribution in [2.75, 3.05) is 7.05 Å². The van der Waals surface area contributed by atoms with E-state index in [2.05, 4.69) is 15.0 Å². The van der Waals surface area contributed by atoms with Gasteiger partial charge in [-0.3, -0.25) is 19.7 Å². The molecule has 34 heavy (non-hydrogen) atoms. The van der Waals surface area contributed by atoms with E-state index < -0.39 is 29.4 Å². The minimum absolute atomic E-state index is 0.00145. The van der Waals surface area contributed by atoms with Gasteiger partial charge in [-0.2, -0.15) is 0 Å². The molecule has 0 spiro atoms. The fraction of sp³-hybridized carbons (Fsp3) is 0.280. The molecule has 176 valence electrons. The number of carbonyl (C=O) groups is 1. The van der Waals surface area contributed by atoms with Gasteiger partial charge in [0, 0.05) is 35.8 Å². The Kier molecular flexibility index (Phi) is 6.12. The van der Waals surface area contributed by atoms with Crippen molar-refractivity contribution in [2.45, 2.75) is 38.7 Å². The highest BCUT2D eigenvalue weighted by Crippen LogP contribution is 2.42. The summed E-state index contributed by atoms with van der Waals surface area (Å²) < 4.78 is 42.2. The molecule has 0 aliphatic carbocycles. The van der Waals surface area contributed by atoms with Crippen LogP contribution in [0.15, 0.2) is 53.7 Å². The highest BCUT2D eigenvalue weighted by molar-refractivity contribution is 6.09. The van der Waals surface area contributed by atoms with Gasteiger partial charge in [0.15, 0.2) is 11.5 Å². The monoisotopic (exact) mass is 467 g/mol. The summed E-state index contributed by atoms with van der Waals surface area (Å²) in [7, 11) is 1.51. The first-order valence-corrected chi connectivity index (χ1v) is 10.9. The van der Waals surface area contributed by atoms with E-state index in [1.807, 2.05) is 13.8 Å². The number of guanidine groups is 1. The molecular weight excluding hydrogens is 443 g/mol. The minimum atomic E-state index is -2.90. The third-order valence-corrected chi connectivity index (χ3v) is 6.03. The Hall–Kier alpha value is -3.75. The quantitative estimate of drug-likeness (QED) is 0.583. The van der Waals surface area contributed by atoms with Crippen molar-refractivity contribution in [1.82, 2.24) is 14.9 Å². The van der Waals surface area contributed by atoms with E-state index in [4.69, 9.17) is 5.73 Å². The Morgan fingerprint density at radius 2 is 1.71 bits per heavy atom. The first kappa shape index (κ1) is 23.4. The SMILES string of the molecule is CCc1cc([C@]2(c3ccc(F)c(-c4cccnc4C(F)F)c3)N=C(N)N(C)C2=O)cc(CC)n1. The van der Waals surface area contributed by atoms with Gasteiger partial charge in [-0.15, -0.1) is 0 Å². The fourth-order valence-electron chi connectivity index (χ4n) is 4.18. The summed E-state index contributed by atoms with van der Waals surface area (Å²) in [6, 6.07) is 10.4. The van der Waals surface area contributed by atoms with Crippen molar-refractivity contribution in [3.8, 4) is 11.1 Å². The van der Waals surface area contributed by atoms with E-state index >= 15 is 0 Å². The summed E-state index contributed by atoms with van der Waals surface area (Å²) in [6.45, 7) is 3.89. The van der Waals surface area contributed by atoms with Crippen molar-refractivity contribution in [3.05, 3.63) is 82.7 Å². The van der Waals surface area contributed by atoms with Gasteiger partial charge in [-0.1, -0.05) is 26.0 Å². The highest BCUT2D eigenvalue weighted by atomic mass is 19.3. The number of aromatic nitrogens is 2. The maximum absolute atomic E-state index is 15.0. The smallest absolute Gasteiger partial charge is 0.280 e. The fourth-order valence-corrected chi connectivity index (χ4v) is 4.18. The molecule has 0 radical (unpaired) electrons. The second kappa shape index (κ2) is 8.89. The molecular formula is C25H24F3N5O. The first-order valence-electron chi connectivity index (χ1n) is 10.9. The van der Waals surface area contributed by atoms with Crippen molar-refractivity contribution in [3.63, 3.8) is 0 Å². The molecule has 0 saturated carbocycles. The van der Waals surface area contributed by atoms with Gasteiger partial charge < -0.3 is 5.73 Å². The van der Waals surface area contributed by atoms with Gasteiger partial charge in [0.2, 0.25) is 0 Å². The summed E-state index contributed by atoms with van der Waals surface area (Å²) in [4.78, 5) is 27.7. The number of likely N-dealkylation sites (N-methyl/N-ethyl adjacent to an activating group) is 1. The lowest BCUT2D eigenvalue weighted by Crippen LogP contribution is -2.41. The zero-order chi connectivity index (χ0) is 24.6. The van der Waals surface area contributed by atoms with Gasteiger partial charge >= 0.3 is 0 Å². The average Bonchev–Trinajstić information content (AvgIpc) is 3.08. The minimum Gasteiger partial charge on any atom is -0.369 e. The van der Waals surface area contributed by atoms with Gasteiger partial charge in [0.05, 0.1) is 0 Å². The number of halogens is 3. The van der Waals surface area contributed by atoms with Gasteiger partial charge in [0.1, 0.15) is 11.5 Å². The van der Waals surface area contributed by atoms with Crippen molar-refractivity contribution in [2.24, 2.45) is 10.7 Å². The van der Waals surface area contributed by atoms with Crippen LogP contribution in [0.1, 0.15) is 48.5 Å². The molecule has 1 aromatic carbocycles. The van der Waals surface area contributed by atoms with E-state index in [-0.39, 0.29) is 17.1 Å². The maximum atomic E-state index is 15.0. The second-order valence-electron chi connectivity index (χ2n) is 8.02. The lowest BCUT2D eigenvalue weighted by Gasteiger charge is -2.27.